The Morgan fingerprint density at radius 1 is 0.931 bits per heavy atom. The highest BCUT2D eigenvalue weighted by Crippen LogP contribution is 2.40. The van der Waals surface area contributed by atoms with Crippen LogP contribution < -0.4 is 9.47 Å². The molecule has 0 radical (unpaired) electrons. The van der Waals surface area contributed by atoms with Crippen LogP contribution >= 0.6 is 0 Å². The van der Waals surface area contributed by atoms with Gasteiger partial charge in [0.05, 0.1) is 19.8 Å². The second kappa shape index (κ2) is 8.83. The van der Waals surface area contributed by atoms with Crippen LogP contribution in [0.25, 0.3) is 0 Å². The molecule has 0 N–H and O–H groups in total. The van der Waals surface area contributed by atoms with Gasteiger partial charge in [0.1, 0.15) is 11.5 Å². The van der Waals surface area contributed by atoms with Gasteiger partial charge in [-0.3, -0.25) is 4.90 Å². The van der Waals surface area contributed by atoms with Crippen molar-refractivity contribution in [3.63, 3.8) is 0 Å². The van der Waals surface area contributed by atoms with Crippen molar-refractivity contribution < 1.29 is 9.47 Å². The summed E-state index contributed by atoms with van der Waals surface area (Å²) in [5.74, 6) is 2.76. The van der Waals surface area contributed by atoms with Crippen molar-refractivity contribution in [1.82, 2.24) is 14.7 Å². The lowest BCUT2D eigenvalue weighted by Crippen LogP contribution is -2.59. The van der Waals surface area contributed by atoms with E-state index >= 15 is 0 Å². The van der Waals surface area contributed by atoms with Crippen LogP contribution in [0.4, 0.5) is 0 Å². The standard InChI is InChI=1S/C24H39N3O2/c1-19-13-22(28-3)21(23(14-19)29-4)16-26-9-5-20(6-10-26)15-27-11-7-24(8-12-27)17-25(2)18-24/h13-14,20H,5-12,15-18H2,1-4H3. The highest BCUT2D eigenvalue weighted by molar-refractivity contribution is 5.47. The van der Waals surface area contributed by atoms with Gasteiger partial charge >= 0.3 is 0 Å². The van der Waals surface area contributed by atoms with Gasteiger partial charge in [-0.25, -0.2) is 0 Å². The lowest BCUT2D eigenvalue weighted by molar-refractivity contribution is -0.0354. The Labute approximate surface area is 176 Å². The van der Waals surface area contributed by atoms with E-state index in [0.717, 1.165) is 24.0 Å². The second-order valence-corrected chi connectivity index (χ2v) is 9.84. The highest BCUT2D eigenvalue weighted by Gasteiger charge is 2.43. The van der Waals surface area contributed by atoms with Crippen molar-refractivity contribution in [2.24, 2.45) is 11.3 Å². The van der Waals surface area contributed by atoms with Gasteiger partial charge in [0.2, 0.25) is 0 Å². The second-order valence-electron chi connectivity index (χ2n) is 9.84. The summed E-state index contributed by atoms with van der Waals surface area (Å²) in [6.07, 6.45) is 5.42. The average Bonchev–Trinajstić information content (AvgIpc) is 2.71. The zero-order valence-corrected chi connectivity index (χ0v) is 18.9. The Morgan fingerprint density at radius 3 is 2.03 bits per heavy atom. The number of likely N-dealkylation sites (tertiary alicyclic amines) is 3. The molecule has 29 heavy (non-hydrogen) atoms. The third-order valence-corrected chi connectivity index (χ3v) is 7.48. The molecular weight excluding hydrogens is 362 g/mol. The van der Waals surface area contributed by atoms with Crippen LogP contribution in [0.1, 0.15) is 36.8 Å². The van der Waals surface area contributed by atoms with Crippen molar-refractivity contribution in [2.45, 2.75) is 39.2 Å². The number of piperidine rings is 2. The summed E-state index contributed by atoms with van der Waals surface area (Å²) in [4.78, 5) is 7.79. The molecule has 1 aromatic rings. The molecule has 0 amide bonds. The van der Waals surface area contributed by atoms with E-state index in [1.807, 2.05) is 0 Å². The van der Waals surface area contributed by atoms with Gasteiger partial charge in [0, 0.05) is 26.2 Å². The summed E-state index contributed by atoms with van der Waals surface area (Å²) in [6, 6.07) is 4.24. The van der Waals surface area contributed by atoms with Crippen LogP contribution in [-0.2, 0) is 6.54 Å². The summed E-state index contributed by atoms with van der Waals surface area (Å²) < 4.78 is 11.3. The first-order valence-electron chi connectivity index (χ1n) is 11.3. The Hall–Kier alpha value is -1.30. The smallest absolute Gasteiger partial charge is 0.127 e. The predicted molar refractivity (Wildman–Crippen MR) is 118 cm³/mol. The molecule has 5 nitrogen and oxygen atoms in total. The minimum atomic E-state index is 0.667. The van der Waals surface area contributed by atoms with E-state index in [2.05, 4.69) is 40.8 Å². The molecule has 0 saturated carbocycles. The summed E-state index contributed by atoms with van der Waals surface area (Å²) in [6.45, 7) is 11.9. The maximum Gasteiger partial charge on any atom is 0.127 e. The maximum absolute atomic E-state index is 5.65. The van der Waals surface area contributed by atoms with Gasteiger partial charge in [-0.1, -0.05) is 0 Å². The Bertz CT molecular complexity index is 658. The van der Waals surface area contributed by atoms with Gasteiger partial charge in [-0.2, -0.15) is 0 Å². The minimum Gasteiger partial charge on any atom is -0.496 e. The molecule has 0 aromatic heterocycles. The van der Waals surface area contributed by atoms with Crippen LogP contribution in [0, 0.1) is 18.3 Å². The minimum absolute atomic E-state index is 0.667. The Kier molecular flexibility index (Phi) is 6.38. The van der Waals surface area contributed by atoms with E-state index in [-0.39, 0.29) is 0 Å². The first-order valence-corrected chi connectivity index (χ1v) is 11.3. The first kappa shape index (κ1) is 21.0. The normalized spacial score (nSPS) is 23.9. The molecule has 0 atom stereocenters. The van der Waals surface area contributed by atoms with E-state index in [1.165, 1.54) is 82.6 Å². The maximum atomic E-state index is 5.65. The summed E-state index contributed by atoms with van der Waals surface area (Å²) in [7, 11) is 5.77. The van der Waals surface area contributed by atoms with Crippen molar-refractivity contribution >= 4 is 0 Å². The summed E-state index contributed by atoms with van der Waals surface area (Å²) in [5.41, 5.74) is 3.03. The van der Waals surface area contributed by atoms with E-state index < -0.39 is 0 Å². The van der Waals surface area contributed by atoms with E-state index in [0.29, 0.717) is 5.41 Å². The lowest BCUT2D eigenvalue weighted by Gasteiger charge is -2.53. The number of hydrogen-bond acceptors (Lipinski definition) is 5. The van der Waals surface area contributed by atoms with Gasteiger partial charge in [0.15, 0.2) is 0 Å². The molecule has 3 aliphatic heterocycles. The molecule has 0 unspecified atom stereocenters. The van der Waals surface area contributed by atoms with Crippen molar-refractivity contribution in [3.05, 3.63) is 23.3 Å². The predicted octanol–water partition coefficient (Wildman–Crippen LogP) is 3.25. The van der Waals surface area contributed by atoms with E-state index in [1.54, 1.807) is 14.2 Å². The quantitative estimate of drug-likeness (QED) is 0.730. The van der Waals surface area contributed by atoms with Crippen LogP contribution in [0.5, 0.6) is 11.5 Å². The molecule has 1 spiro atoms. The molecule has 3 saturated heterocycles. The van der Waals surface area contributed by atoms with E-state index in [4.69, 9.17) is 9.47 Å². The molecular formula is C24H39N3O2. The number of aryl methyl sites for hydroxylation is 1. The van der Waals surface area contributed by atoms with Crippen molar-refractivity contribution in [1.29, 1.82) is 0 Å². The molecule has 3 aliphatic rings. The molecule has 162 valence electrons. The number of ether oxygens (including phenoxy) is 2. The molecule has 0 aliphatic carbocycles. The molecule has 1 aromatic carbocycles. The Balaban J connectivity index is 1.25. The number of benzene rings is 1. The van der Waals surface area contributed by atoms with Crippen LogP contribution in [0.3, 0.4) is 0 Å². The third kappa shape index (κ3) is 4.73. The van der Waals surface area contributed by atoms with Crippen LogP contribution in [-0.4, -0.2) is 81.8 Å². The Morgan fingerprint density at radius 2 is 1.52 bits per heavy atom. The van der Waals surface area contributed by atoms with Gasteiger partial charge in [-0.15, -0.1) is 0 Å². The number of rotatable bonds is 6. The monoisotopic (exact) mass is 401 g/mol. The number of hydrogen-bond donors (Lipinski definition) is 0. The van der Waals surface area contributed by atoms with E-state index in [9.17, 15) is 0 Å². The fraction of sp³-hybridized carbons (Fsp3) is 0.750. The van der Waals surface area contributed by atoms with Gasteiger partial charge in [0.25, 0.3) is 0 Å². The molecule has 3 heterocycles. The van der Waals surface area contributed by atoms with Crippen molar-refractivity contribution in [3.8, 4) is 11.5 Å². The SMILES string of the molecule is COc1cc(C)cc(OC)c1CN1CCC(CN2CCC3(CC2)CN(C)C3)CC1. The first-order chi connectivity index (χ1) is 14.0. The molecule has 3 fully saturated rings. The largest absolute Gasteiger partial charge is 0.496 e. The fourth-order valence-corrected chi connectivity index (χ4v) is 5.81. The van der Waals surface area contributed by atoms with Crippen LogP contribution in [0.15, 0.2) is 12.1 Å². The highest BCUT2D eigenvalue weighted by atomic mass is 16.5. The van der Waals surface area contributed by atoms with Crippen LogP contribution in [0.2, 0.25) is 0 Å². The molecule has 5 heteroatoms. The third-order valence-electron chi connectivity index (χ3n) is 7.48. The lowest BCUT2D eigenvalue weighted by atomic mass is 9.72. The van der Waals surface area contributed by atoms with Gasteiger partial charge < -0.3 is 19.3 Å². The summed E-state index contributed by atoms with van der Waals surface area (Å²) >= 11 is 0. The number of methoxy groups -OCH3 is 2. The zero-order chi connectivity index (χ0) is 20.4. The molecule has 4 rings (SSSR count). The zero-order valence-electron chi connectivity index (χ0n) is 18.9. The summed E-state index contributed by atoms with van der Waals surface area (Å²) in [5, 5.41) is 0. The van der Waals surface area contributed by atoms with Crippen molar-refractivity contribution in [2.75, 3.05) is 67.1 Å². The van der Waals surface area contributed by atoms with Gasteiger partial charge in [-0.05, 0) is 94.9 Å². The topological polar surface area (TPSA) is 28.2 Å². The fourth-order valence-electron chi connectivity index (χ4n) is 5.81. The average molecular weight is 402 g/mol. The number of nitrogens with zero attached hydrogens (tertiary/aromatic N) is 3. The molecule has 0 bridgehead atoms.